The Balaban J connectivity index is 0.000000245. The largest absolute Gasteiger partial charge is 0.441 e. The molecule has 2 unspecified atom stereocenters. The topological polar surface area (TPSA) is 101 Å². The standard InChI is InChI=1S/C14H15NO4.C12H12INO2.CH2Cl2/c1-8(2)14(19-9(3)16)15-12(17)10-6-4-5-7-11(10)13(15)18;1-7(2)10(13)14-11(15)8-5-3-4-6-9(8)12(14)16;2-1-3/h4-8,14H,1-3H3;3-7,10H,1-2H3;1H2. The molecule has 0 saturated carbocycles. The molecule has 2 aliphatic rings. The number of hydrogen-bond acceptors (Lipinski definition) is 6. The molecule has 2 heterocycles. The number of hydrogen-bond donors (Lipinski definition) is 0. The van der Waals surface area contributed by atoms with Crippen molar-refractivity contribution in [2.24, 2.45) is 11.8 Å². The van der Waals surface area contributed by atoms with Gasteiger partial charge in [0.25, 0.3) is 23.6 Å². The van der Waals surface area contributed by atoms with Gasteiger partial charge in [-0.1, -0.05) is 74.6 Å². The van der Waals surface area contributed by atoms with Crippen LogP contribution >= 0.6 is 45.8 Å². The summed E-state index contributed by atoms with van der Waals surface area (Å²) in [7, 11) is 0. The molecule has 0 radical (unpaired) electrons. The third-order valence-electron chi connectivity index (χ3n) is 5.56. The maximum Gasteiger partial charge on any atom is 0.304 e. The maximum atomic E-state index is 12.2. The quantitative estimate of drug-likeness (QED) is 0.128. The van der Waals surface area contributed by atoms with Crippen molar-refractivity contribution in [1.82, 2.24) is 9.80 Å². The molecule has 2 aromatic carbocycles. The van der Waals surface area contributed by atoms with Crippen LogP contribution in [0.5, 0.6) is 0 Å². The fourth-order valence-electron chi connectivity index (χ4n) is 3.83. The first kappa shape index (κ1) is 31.7. The normalized spacial score (nSPS) is 15.4. The van der Waals surface area contributed by atoms with Gasteiger partial charge in [-0.15, -0.1) is 23.2 Å². The second-order valence-corrected chi connectivity index (χ2v) is 11.1. The number of imide groups is 2. The van der Waals surface area contributed by atoms with E-state index in [0.717, 1.165) is 4.90 Å². The average Bonchev–Trinajstić information content (AvgIpc) is 3.27. The number of fused-ring (bicyclic) bond motifs is 2. The van der Waals surface area contributed by atoms with E-state index in [1.807, 2.05) is 13.8 Å². The number of rotatable bonds is 5. The zero-order chi connectivity index (χ0) is 28.7. The van der Waals surface area contributed by atoms with Gasteiger partial charge in [0, 0.05) is 12.8 Å². The molecule has 204 valence electrons. The summed E-state index contributed by atoms with van der Waals surface area (Å²) >= 11 is 11.7. The fourth-order valence-corrected chi connectivity index (χ4v) is 4.33. The van der Waals surface area contributed by atoms with Crippen LogP contribution in [0.15, 0.2) is 48.5 Å². The molecule has 2 aliphatic heterocycles. The van der Waals surface area contributed by atoms with Gasteiger partial charge in [0.15, 0.2) is 6.23 Å². The van der Waals surface area contributed by atoms with Gasteiger partial charge in [-0.05, 0) is 30.2 Å². The Morgan fingerprint density at radius 2 is 1.05 bits per heavy atom. The third-order valence-corrected chi connectivity index (χ3v) is 7.55. The predicted octanol–water partition coefficient (Wildman–Crippen LogP) is 5.95. The molecule has 11 heteroatoms. The Hall–Kier alpha value is -2.50. The molecule has 2 atom stereocenters. The Labute approximate surface area is 245 Å². The van der Waals surface area contributed by atoms with E-state index in [0.29, 0.717) is 22.3 Å². The van der Waals surface area contributed by atoms with Gasteiger partial charge in [0.2, 0.25) is 0 Å². The number of esters is 1. The SMILES string of the molecule is CC(=O)OC(C(C)C)N1C(=O)c2ccccc2C1=O.CC(C)C(I)N1C(=O)c2ccccc2C1=O.ClCCl. The van der Waals surface area contributed by atoms with Crippen LogP contribution in [0, 0.1) is 11.8 Å². The molecular weight excluding hydrogens is 646 g/mol. The van der Waals surface area contributed by atoms with Crippen molar-refractivity contribution in [3.05, 3.63) is 70.8 Å². The van der Waals surface area contributed by atoms with Gasteiger partial charge in [0.1, 0.15) is 0 Å². The van der Waals surface area contributed by atoms with Crippen LogP contribution in [-0.4, -0.2) is 55.0 Å². The van der Waals surface area contributed by atoms with Gasteiger partial charge in [0.05, 0.1) is 31.6 Å². The van der Waals surface area contributed by atoms with Crippen LogP contribution in [-0.2, 0) is 9.53 Å². The van der Waals surface area contributed by atoms with E-state index in [1.165, 1.54) is 11.8 Å². The van der Waals surface area contributed by atoms with Gasteiger partial charge in [-0.25, -0.2) is 4.90 Å². The van der Waals surface area contributed by atoms with Crippen LogP contribution in [0.4, 0.5) is 0 Å². The van der Waals surface area contributed by atoms with E-state index in [1.54, 1.807) is 62.4 Å². The van der Waals surface area contributed by atoms with Crippen molar-refractivity contribution in [1.29, 1.82) is 0 Å². The number of carbonyl (C=O) groups is 5. The van der Waals surface area contributed by atoms with Gasteiger partial charge in [-0.2, -0.15) is 0 Å². The molecule has 0 spiro atoms. The zero-order valence-corrected chi connectivity index (χ0v) is 25.3. The summed E-state index contributed by atoms with van der Waals surface area (Å²) in [6, 6.07) is 13.6. The van der Waals surface area contributed by atoms with Crippen LogP contribution in [0.2, 0.25) is 0 Å². The van der Waals surface area contributed by atoms with Gasteiger partial charge >= 0.3 is 5.97 Å². The van der Waals surface area contributed by atoms with Crippen molar-refractivity contribution in [2.75, 3.05) is 5.34 Å². The molecular formula is C27H29Cl2IN2O6. The van der Waals surface area contributed by atoms with E-state index in [4.69, 9.17) is 27.9 Å². The lowest BCUT2D eigenvalue weighted by Gasteiger charge is -2.28. The Kier molecular flexibility index (Phi) is 11.7. The lowest BCUT2D eigenvalue weighted by atomic mass is 10.1. The Bertz CT molecular complexity index is 1150. The highest BCUT2D eigenvalue weighted by molar-refractivity contribution is 14.1. The Morgan fingerprint density at radius 3 is 1.32 bits per heavy atom. The number of nitrogens with zero attached hydrogens (tertiary/aromatic N) is 2. The van der Waals surface area contributed by atoms with Crippen molar-refractivity contribution < 1.29 is 28.7 Å². The summed E-state index contributed by atoms with van der Waals surface area (Å²) in [5.41, 5.74) is 1.75. The highest BCUT2D eigenvalue weighted by Crippen LogP contribution is 2.30. The van der Waals surface area contributed by atoms with Crippen LogP contribution in [0.25, 0.3) is 0 Å². The smallest absolute Gasteiger partial charge is 0.304 e. The monoisotopic (exact) mass is 674 g/mol. The molecule has 0 aromatic heterocycles. The summed E-state index contributed by atoms with van der Waals surface area (Å²) in [4.78, 5) is 62.1. The number of carbonyl (C=O) groups excluding carboxylic acids is 5. The van der Waals surface area contributed by atoms with E-state index >= 15 is 0 Å². The van der Waals surface area contributed by atoms with Crippen molar-refractivity contribution in [2.45, 2.75) is 44.9 Å². The molecule has 2 aromatic rings. The first-order chi connectivity index (χ1) is 17.9. The minimum atomic E-state index is -0.870. The van der Waals surface area contributed by atoms with Crippen molar-refractivity contribution in [3.8, 4) is 0 Å². The first-order valence-electron chi connectivity index (χ1n) is 11.8. The fraction of sp³-hybridized carbons (Fsp3) is 0.370. The minimum absolute atomic E-state index is 0.0926. The third kappa shape index (κ3) is 6.92. The van der Waals surface area contributed by atoms with Gasteiger partial charge < -0.3 is 4.74 Å². The minimum Gasteiger partial charge on any atom is -0.441 e. The molecule has 0 aliphatic carbocycles. The molecule has 38 heavy (non-hydrogen) atoms. The number of ether oxygens (including phenoxy) is 1. The highest BCUT2D eigenvalue weighted by Gasteiger charge is 2.42. The second-order valence-electron chi connectivity index (χ2n) is 9.01. The van der Waals surface area contributed by atoms with E-state index in [-0.39, 0.29) is 33.0 Å². The number of alkyl halides is 3. The lowest BCUT2D eigenvalue weighted by molar-refractivity contribution is -0.155. The summed E-state index contributed by atoms with van der Waals surface area (Å²) in [5.74, 6) is -1.62. The number of benzene rings is 2. The summed E-state index contributed by atoms with van der Waals surface area (Å²) in [6.45, 7) is 8.84. The van der Waals surface area contributed by atoms with E-state index < -0.39 is 24.0 Å². The molecule has 0 N–H and O–H groups in total. The van der Waals surface area contributed by atoms with Crippen LogP contribution in [0.1, 0.15) is 76.1 Å². The summed E-state index contributed by atoms with van der Waals surface area (Å²) in [5, 5.41) is 0.194. The van der Waals surface area contributed by atoms with Crippen LogP contribution < -0.4 is 0 Å². The predicted molar refractivity (Wildman–Crippen MR) is 153 cm³/mol. The molecule has 4 rings (SSSR count). The second kappa shape index (κ2) is 14.0. The Morgan fingerprint density at radius 1 is 0.737 bits per heavy atom. The van der Waals surface area contributed by atoms with Crippen LogP contribution in [0.3, 0.4) is 0 Å². The maximum absolute atomic E-state index is 12.2. The van der Waals surface area contributed by atoms with Crippen molar-refractivity contribution in [3.63, 3.8) is 0 Å². The van der Waals surface area contributed by atoms with Gasteiger partial charge in [-0.3, -0.25) is 28.9 Å². The first-order valence-corrected chi connectivity index (χ1v) is 14.1. The average molecular weight is 675 g/mol. The number of amides is 4. The molecule has 8 nitrogen and oxygen atoms in total. The summed E-state index contributed by atoms with van der Waals surface area (Å²) in [6.07, 6.45) is -0.870. The molecule has 0 bridgehead atoms. The summed E-state index contributed by atoms with van der Waals surface area (Å²) < 4.78 is 5.02. The molecule has 0 fully saturated rings. The molecule has 0 saturated heterocycles. The van der Waals surface area contributed by atoms with E-state index in [9.17, 15) is 24.0 Å². The van der Waals surface area contributed by atoms with Crippen molar-refractivity contribution >= 4 is 75.4 Å². The van der Waals surface area contributed by atoms with E-state index in [2.05, 4.69) is 22.6 Å². The lowest BCUT2D eigenvalue weighted by Crippen LogP contribution is -2.45. The zero-order valence-electron chi connectivity index (χ0n) is 21.6. The number of halogens is 3. The highest BCUT2D eigenvalue weighted by atomic mass is 127. The molecule has 4 amide bonds.